The van der Waals surface area contributed by atoms with E-state index in [1.54, 1.807) is 42.5 Å². The lowest BCUT2D eigenvalue weighted by Gasteiger charge is -2.13. The van der Waals surface area contributed by atoms with E-state index >= 15 is 0 Å². The Labute approximate surface area is 135 Å². The van der Waals surface area contributed by atoms with Gasteiger partial charge >= 0.3 is 6.18 Å². The molecular weight excluding hydrogens is 319 g/mol. The fourth-order valence-corrected chi connectivity index (χ4v) is 2.42. The van der Waals surface area contributed by atoms with Crippen LogP contribution in [0.3, 0.4) is 0 Å². The van der Waals surface area contributed by atoms with Gasteiger partial charge in [0, 0.05) is 6.54 Å². The molecule has 124 valence electrons. The van der Waals surface area contributed by atoms with Gasteiger partial charge in [-0.3, -0.25) is 9.89 Å². The Morgan fingerprint density at radius 1 is 0.958 bits per heavy atom. The average Bonchev–Trinajstić information content (AvgIpc) is 2.91. The van der Waals surface area contributed by atoms with Crippen molar-refractivity contribution in [2.75, 3.05) is 5.32 Å². The van der Waals surface area contributed by atoms with Crippen LogP contribution in [0, 0.1) is 0 Å². The Balaban J connectivity index is 2.03. The highest BCUT2D eigenvalue weighted by Crippen LogP contribution is 2.34. The van der Waals surface area contributed by atoms with E-state index in [1.807, 2.05) is 6.07 Å². The number of aromatic nitrogens is 2. The van der Waals surface area contributed by atoms with Gasteiger partial charge in [-0.15, -0.1) is 0 Å². The monoisotopic (exact) mass is 333 g/mol. The fourth-order valence-electron chi connectivity index (χ4n) is 2.42. The third-order valence-corrected chi connectivity index (χ3v) is 3.50. The summed E-state index contributed by atoms with van der Waals surface area (Å²) in [6.45, 7) is 0.117. The molecule has 4 nitrogen and oxygen atoms in total. The number of H-pyrrole nitrogens is 1. The number of hydrogen-bond donors (Lipinski definition) is 2. The third kappa shape index (κ3) is 3.19. The molecule has 3 aromatic rings. The lowest BCUT2D eigenvalue weighted by atomic mass is 10.2. The number of hydrogen-bond acceptors (Lipinski definition) is 2. The summed E-state index contributed by atoms with van der Waals surface area (Å²) in [7, 11) is 0. The standard InChI is InChI=1S/C17H14F3N3O/c18-17(19,20)15-14(21-11-12-7-3-1-4-8-12)16(24)22-23(15)13-9-5-2-6-10-13/h1-10,21H,11H2,(H,22,24). The summed E-state index contributed by atoms with van der Waals surface area (Å²) in [4.78, 5) is 12.1. The largest absolute Gasteiger partial charge is 0.435 e. The minimum absolute atomic E-state index is 0.117. The second-order valence-electron chi connectivity index (χ2n) is 5.17. The van der Waals surface area contributed by atoms with Crippen LogP contribution < -0.4 is 10.9 Å². The van der Waals surface area contributed by atoms with E-state index in [9.17, 15) is 18.0 Å². The van der Waals surface area contributed by atoms with Gasteiger partial charge in [0.05, 0.1) is 5.69 Å². The average molecular weight is 333 g/mol. The number of halogens is 3. The van der Waals surface area contributed by atoms with Gasteiger partial charge in [0.2, 0.25) is 0 Å². The van der Waals surface area contributed by atoms with Crippen LogP contribution in [-0.4, -0.2) is 9.78 Å². The number of nitrogens with zero attached hydrogens (tertiary/aromatic N) is 1. The fraction of sp³-hybridized carbons (Fsp3) is 0.118. The highest BCUT2D eigenvalue weighted by atomic mass is 19.4. The minimum Gasteiger partial charge on any atom is -0.375 e. The van der Waals surface area contributed by atoms with Gasteiger partial charge in [0.25, 0.3) is 5.56 Å². The van der Waals surface area contributed by atoms with Crippen molar-refractivity contribution in [1.29, 1.82) is 0 Å². The van der Waals surface area contributed by atoms with E-state index in [0.29, 0.717) is 0 Å². The quantitative estimate of drug-likeness (QED) is 0.763. The number of nitrogens with one attached hydrogen (secondary N) is 2. The number of anilines is 1. The topological polar surface area (TPSA) is 49.8 Å². The molecule has 1 aromatic heterocycles. The first kappa shape index (κ1) is 15.9. The van der Waals surface area contributed by atoms with Crippen LogP contribution in [0.1, 0.15) is 11.3 Å². The molecule has 0 aliphatic rings. The molecule has 0 saturated heterocycles. The van der Waals surface area contributed by atoms with E-state index in [2.05, 4.69) is 10.4 Å². The molecule has 0 aliphatic heterocycles. The number of para-hydroxylation sites is 1. The molecule has 0 spiro atoms. The van der Waals surface area contributed by atoms with Crippen molar-refractivity contribution < 1.29 is 13.2 Å². The second-order valence-corrected chi connectivity index (χ2v) is 5.17. The van der Waals surface area contributed by atoms with Gasteiger partial charge in [-0.25, -0.2) is 4.68 Å². The summed E-state index contributed by atoms with van der Waals surface area (Å²) in [6, 6.07) is 16.8. The number of benzene rings is 2. The molecular formula is C17H14F3N3O. The second kappa shape index (κ2) is 6.27. The molecule has 0 radical (unpaired) electrons. The smallest absolute Gasteiger partial charge is 0.375 e. The number of aromatic amines is 1. The van der Waals surface area contributed by atoms with Crippen molar-refractivity contribution in [3.05, 3.63) is 82.3 Å². The molecule has 1 heterocycles. The van der Waals surface area contributed by atoms with Crippen molar-refractivity contribution in [2.45, 2.75) is 12.7 Å². The van der Waals surface area contributed by atoms with Gasteiger partial charge in [-0.2, -0.15) is 13.2 Å². The Morgan fingerprint density at radius 3 is 2.12 bits per heavy atom. The summed E-state index contributed by atoms with van der Waals surface area (Å²) < 4.78 is 41.3. The Bertz CT molecular complexity index is 868. The third-order valence-electron chi connectivity index (χ3n) is 3.50. The maximum atomic E-state index is 13.5. The first-order chi connectivity index (χ1) is 11.5. The van der Waals surface area contributed by atoms with Crippen molar-refractivity contribution in [3.8, 4) is 5.69 Å². The SMILES string of the molecule is O=c1[nH]n(-c2ccccc2)c(C(F)(F)F)c1NCc1ccccc1. The maximum absolute atomic E-state index is 13.5. The lowest BCUT2D eigenvalue weighted by molar-refractivity contribution is -0.142. The highest BCUT2D eigenvalue weighted by Gasteiger charge is 2.40. The lowest BCUT2D eigenvalue weighted by Crippen LogP contribution is -2.16. The normalized spacial score (nSPS) is 11.5. The van der Waals surface area contributed by atoms with Crippen molar-refractivity contribution in [3.63, 3.8) is 0 Å². The van der Waals surface area contributed by atoms with E-state index in [1.165, 1.54) is 12.1 Å². The summed E-state index contributed by atoms with van der Waals surface area (Å²) in [5, 5.41) is 4.86. The molecule has 7 heteroatoms. The zero-order valence-corrected chi connectivity index (χ0v) is 12.5. The Morgan fingerprint density at radius 2 is 1.54 bits per heavy atom. The van der Waals surface area contributed by atoms with E-state index < -0.39 is 23.1 Å². The summed E-state index contributed by atoms with van der Waals surface area (Å²) in [5.41, 5.74) is -1.35. The first-order valence-electron chi connectivity index (χ1n) is 7.22. The predicted molar refractivity (Wildman–Crippen MR) is 85.2 cm³/mol. The van der Waals surface area contributed by atoms with Crippen LogP contribution in [-0.2, 0) is 12.7 Å². The number of alkyl halides is 3. The van der Waals surface area contributed by atoms with Crippen LogP contribution in [0.25, 0.3) is 5.69 Å². The van der Waals surface area contributed by atoms with Gasteiger partial charge in [0.15, 0.2) is 5.69 Å². The van der Waals surface area contributed by atoms with Crippen molar-refractivity contribution >= 4 is 5.69 Å². The van der Waals surface area contributed by atoms with Crippen LogP contribution in [0.5, 0.6) is 0 Å². The van der Waals surface area contributed by atoms with E-state index in [4.69, 9.17) is 0 Å². The van der Waals surface area contributed by atoms with Gasteiger partial charge in [0.1, 0.15) is 5.69 Å². The first-order valence-corrected chi connectivity index (χ1v) is 7.22. The zero-order chi connectivity index (χ0) is 17.2. The number of rotatable bonds is 4. The van der Waals surface area contributed by atoms with Crippen LogP contribution in [0.2, 0.25) is 0 Å². The van der Waals surface area contributed by atoms with Gasteiger partial charge in [-0.05, 0) is 17.7 Å². The Kier molecular flexibility index (Phi) is 4.16. The summed E-state index contributed by atoms with van der Waals surface area (Å²) in [6.07, 6.45) is -4.69. The molecule has 0 amide bonds. The van der Waals surface area contributed by atoms with E-state index in [0.717, 1.165) is 10.2 Å². The zero-order valence-electron chi connectivity index (χ0n) is 12.5. The maximum Gasteiger partial charge on any atom is 0.435 e. The molecule has 3 rings (SSSR count). The van der Waals surface area contributed by atoms with Crippen LogP contribution in [0.4, 0.5) is 18.9 Å². The minimum atomic E-state index is -4.69. The molecule has 2 aromatic carbocycles. The molecule has 0 atom stereocenters. The van der Waals surface area contributed by atoms with Gasteiger partial charge in [-0.1, -0.05) is 48.5 Å². The van der Waals surface area contributed by atoms with E-state index in [-0.39, 0.29) is 12.2 Å². The highest BCUT2D eigenvalue weighted by molar-refractivity contribution is 5.52. The molecule has 0 fully saturated rings. The van der Waals surface area contributed by atoms with Crippen molar-refractivity contribution in [1.82, 2.24) is 9.78 Å². The van der Waals surface area contributed by atoms with Crippen LogP contribution in [0.15, 0.2) is 65.5 Å². The molecule has 0 unspecified atom stereocenters. The van der Waals surface area contributed by atoms with Crippen LogP contribution >= 0.6 is 0 Å². The molecule has 2 N–H and O–H groups in total. The molecule has 24 heavy (non-hydrogen) atoms. The Hall–Kier alpha value is -2.96. The molecule has 0 bridgehead atoms. The summed E-state index contributed by atoms with van der Waals surface area (Å²) in [5.74, 6) is 0. The molecule has 0 saturated carbocycles. The predicted octanol–water partition coefficient (Wildman–Crippen LogP) is 3.80. The molecule has 0 aliphatic carbocycles. The summed E-state index contributed by atoms with van der Waals surface area (Å²) >= 11 is 0. The van der Waals surface area contributed by atoms with Crippen molar-refractivity contribution in [2.24, 2.45) is 0 Å². The van der Waals surface area contributed by atoms with Gasteiger partial charge < -0.3 is 5.32 Å².